The van der Waals surface area contributed by atoms with Crippen LogP contribution in [0.2, 0.25) is 0 Å². The Labute approximate surface area is 193 Å². The number of rotatable bonds is 8. The number of aromatic nitrogens is 1. The standard InChI is InChI=1S/C25H29N3O5/c1-30-21-14-18(15-22(31-2)24(21)32-3)8-9-23(29)26-16-17-10-12-28(13-11-17)25-27-19-6-4-5-7-20(19)33-25/h4-9,14-15,17H,10-13,16H2,1-3H3,(H,26,29)/b9-8+. The number of carbonyl (C=O) groups is 1. The first-order chi connectivity index (χ1) is 16.1. The number of fused-ring (bicyclic) bond motifs is 1. The predicted octanol–water partition coefficient (Wildman–Crippen LogP) is 3.90. The minimum Gasteiger partial charge on any atom is -0.493 e. The number of hydrogen-bond donors (Lipinski definition) is 1. The fraction of sp³-hybridized carbons (Fsp3) is 0.360. The molecule has 0 radical (unpaired) electrons. The van der Waals surface area contributed by atoms with E-state index in [-0.39, 0.29) is 5.91 Å². The van der Waals surface area contributed by atoms with Crippen LogP contribution < -0.4 is 24.4 Å². The summed E-state index contributed by atoms with van der Waals surface area (Å²) in [5, 5.41) is 3.01. The van der Waals surface area contributed by atoms with Crippen molar-refractivity contribution in [3.63, 3.8) is 0 Å². The maximum atomic E-state index is 12.4. The first-order valence-corrected chi connectivity index (χ1v) is 11.0. The zero-order valence-electron chi connectivity index (χ0n) is 19.2. The monoisotopic (exact) mass is 451 g/mol. The summed E-state index contributed by atoms with van der Waals surface area (Å²) in [5.41, 5.74) is 2.47. The number of methoxy groups -OCH3 is 3. The van der Waals surface area contributed by atoms with Crippen molar-refractivity contribution in [2.45, 2.75) is 12.8 Å². The van der Waals surface area contributed by atoms with Gasteiger partial charge in [0, 0.05) is 25.7 Å². The zero-order valence-corrected chi connectivity index (χ0v) is 19.2. The highest BCUT2D eigenvalue weighted by molar-refractivity contribution is 5.91. The van der Waals surface area contributed by atoms with Crippen LogP contribution in [-0.4, -0.2) is 51.9 Å². The van der Waals surface area contributed by atoms with E-state index in [1.807, 2.05) is 24.3 Å². The summed E-state index contributed by atoms with van der Waals surface area (Å²) in [4.78, 5) is 19.1. The van der Waals surface area contributed by atoms with E-state index < -0.39 is 0 Å². The molecule has 1 aliphatic heterocycles. The number of para-hydroxylation sites is 2. The van der Waals surface area contributed by atoms with Gasteiger partial charge in [-0.05, 0) is 54.7 Å². The summed E-state index contributed by atoms with van der Waals surface area (Å²) >= 11 is 0. The number of oxazole rings is 1. The molecule has 0 unspecified atom stereocenters. The summed E-state index contributed by atoms with van der Waals surface area (Å²) in [5.74, 6) is 1.89. The van der Waals surface area contributed by atoms with Gasteiger partial charge in [-0.15, -0.1) is 0 Å². The molecule has 3 aromatic rings. The number of nitrogens with one attached hydrogen (secondary N) is 1. The molecule has 33 heavy (non-hydrogen) atoms. The Morgan fingerprint density at radius 1 is 1.12 bits per heavy atom. The van der Waals surface area contributed by atoms with Gasteiger partial charge >= 0.3 is 0 Å². The number of amides is 1. The van der Waals surface area contributed by atoms with Crippen LogP contribution >= 0.6 is 0 Å². The van der Waals surface area contributed by atoms with Crippen LogP contribution in [0.15, 0.2) is 46.9 Å². The molecule has 1 aromatic heterocycles. The predicted molar refractivity (Wildman–Crippen MR) is 127 cm³/mol. The Balaban J connectivity index is 1.28. The van der Waals surface area contributed by atoms with E-state index in [4.69, 9.17) is 18.6 Å². The normalized spacial score (nSPS) is 14.6. The van der Waals surface area contributed by atoms with Crippen LogP contribution in [0, 0.1) is 5.92 Å². The lowest BCUT2D eigenvalue weighted by Gasteiger charge is -2.30. The zero-order chi connectivity index (χ0) is 23.2. The van der Waals surface area contributed by atoms with Crippen LogP contribution in [-0.2, 0) is 4.79 Å². The van der Waals surface area contributed by atoms with E-state index in [0.717, 1.165) is 42.6 Å². The Morgan fingerprint density at radius 3 is 2.45 bits per heavy atom. The molecule has 4 rings (SSSR count). The smallest absolute Gasteiger partial charge is 0.298 e. The fourth-order valence-electron chi connectivity index (χ4n) is 4.00. The minimum atomic E-state index is -0.134. The van der Waals surface area contributed by atoms with Crippen LogP contribution in [0.5, 0.6) is 17.2 Å². The molecule has 1 aliphatic rings. The Kier molecular flexibility index (Phi) is 7.02. The highest BCUT2D eigenvalue weighted by atomic mass is 16.5. The second-order valence-corrected chi connectivity index (χ2v) is 7.93. The number of ether oxygens (including phenoxy) is 3. The van der Waals surface area contributed by atoms with Gasteiger partial charge in [-0.3, -0.25) is 4.79 Å². The van der Waals surface area contributed by atoms with Crippen molar-refractivity contribution in [2.75, 3.05) is 45.9 Å². The Morgan fingerprint density at radius 2 is 1.82 bits per heavy atom. The average molecular weight is 452 g/mol. The summed E-state index contributed by atoms with van der Waals surface area (Å²) in [7, 11) is 4.68. The lowest BCUT2D eigenvalue weighted by atomic mass is 9.97. The van der Waals surface area contributed by atoms with Gasteiger partial charge < -0.3 is 28.8 Å². The number of carbonyl (C=O) groups excluding carboxylic acids is 1. The largest absolute Gasteiger partial charge is 0.493 e. The lowest BCUT2D eigenvalue weighted by Crippen LogP contribution is -2.38. The van der Waals surface area contributed by atoms with Gasteiger partial charge in [0.1, 0.15) is 5.52 Å². The highest BCUT2D eigenvalue weighted by Gasteiger charge is 2.23. The summed E-state index contributed by atoms with van der Waals surface area (Å²) in [6.45, 7) is 2.35. The van der Waals surface area contributed by atoms with E-state index in [1.54, 1.807) is 39.5 Å². The molecule has 1 saturated heterocycles. The van der Waals surface area contributed by atoms with Crippen molar-refractivity contribution in [2.24, 2.45) is 5.92 Å². The molecule has 1 N–H and O–H groups in total. The topological polar surface area (TPSA) is 86.1 Å². The molecule has 0 aliphatic carbocycles. The van der Waals surface area contributed by atoms with Gasteiger partial charge in [0.2, 0.25) is 11.7 Å². The van der Waals surface area contributed by atoms with Crippen LogP contribution in [0.3, 0.4) is 0 Å². The number of anilines is 1. The third-order valence-electron chi connectivity index (χ3n) is 5.85. The second-order valence-electron chi connectivity index (χ2n) is 7.93. The molecule has 0 spiro atoms. The molecular weight excluding hydrogens is 422 g/mol. The van der Waals surface area contributed by atoms with Gasteiger partial charge in [-0.2, -0.15) is 4.98 Å². The minimum absolute atomic E-state index is 0.134. The summed E-state index contributed by atoms with van der Waals surface area (Å²) in [6.07, 6.45) is 5.19. The van der Waals surface area contributed by atoms with Crippen molar-refractivity contribution < 1.29 is 23.4 Å². The third kappa shape index (κ3) is 5.22. The highest BCUT2D eigenvalue weighted by Crippen LogP contribution is 2.38. The fourth-order valence-corrected chi connectivity index (χ4v) is 4.00. The van der Waals surface area contributed by atoms with Crippen molar-refractivity contribution in [1.29, 1.82) is 0 Å². The third-order valence-corrected chi connectivity index (χ3v) is 5.85. The van der Waals surface area contributed by atoms with Gasteiger partial charge in [0.25, 0.3) is 6.01 Å². The number of hydrogen-bond acceptors (Lipinski definition) is 7. The average Bonchev–Trinajstić information content (AvgIpc) is 3.30. The van der Waals surface area contributed by atoms with Gasteiger partial charge in [-0.25, -0.2) is 0 Å². The first-order valence-electron chi connectivity index (χ1n) is 11.0. The summed E-state index contributed by atoms with van der Waals surface area (Å²) in [6, 6.07) is 12.1. The van der Waals surface area contributed by atoms with Crippen molar-refractivity contribution in [3.05, 3.63) is 48.0 Å². The molecule has 174 valence electrons. The molecule has 0 saturated carbocycles. The quantitative estimate of drug-likeness (QED) is 0.520. The Bertz CT molecular complexity index is 1070. The molecule has 0 bridgehead atoms. The lowest BCUT2D eigenvalue weighted by molar-refractivity contribution is -0.116. The van der Waals surface area contributed by atoms with Crippen molar-refractivity contribution >= 4 is 29.1 Å². The molecule has 2 aromatic carbocycles. The van der Waals surface area contributed by atoms with Crippen LogP contribution in [0.25, 0.3) is 17.2 Å². The SMILES string of the molecule is COc1cc(/C=C/C(=O)NCC2CCN(c3nc4ccccc4o3)CC2)cc(OC)c1OC. The second kappa shape index (κ2) is 10.3. The number of piperidine rings is 1. The molecule has 8 heteroatoms. The van der Waals surface area contributed by atoms with E-state index in [0.29, 0.717) is 35.7 Å². The molecule has 2 heterocycles. The molecule has 1 fully saturated rings. The molecule has 1 amide bonds. The summed E-state index contributed by atoms with van der Waals surface area (Å²) < 4.78 is 21.9. The maximum Gasteiger partial charge on any atom is 0.298 e. The van der Waals surface area contributed by atoms with Gasteiger partial charge in [0.05, 0.1) is 21.3 Å². The van der Waals surface area contributed by atoms with Crippen LogP contribution in [0.1, 0.15) is 18.4 Å². The maximum absolute atomic E-state index is 12.4. The van der Waals surface area contributed by atoms with Gasteiger partial charge in [-0.1, -0.05) is 12.1 Å². The van der Waals surface area contributed by atoms with E-state index >= 15 is 0 Å². The molecule has 0 atom stereocenters. The Hall–Kier alpha value is -3.68. The van der Waals surface area contributed by atoms with E-state index in [1.165, 1.54) is 6.08 Å². The molecular formula is C25H29N3O5. The first kappa shape index (κ1) is 22.5. The number of nitrogens with zero attached hydrogens (tertiary/aromatic N) is 2. The van der Waals surface area contributed by atoms with Crippen molar-refractivity contribution in [3.8, 4) is 17.2 Å². The van der Waals surface area contributed by atoms with Crippen LogP contribution in [0.4, 0.5) is 6.01 Å². The van der Waals surface area contributed by atoms with Crippen molar-refractivity contribution in [1.82, 2.24) is 10.3 Å². The number of benzene rings is 2. The molecule has 8 nitrogen and oxygen atoms in total. The van der Waals surface area contributed by atoms with E-state index in [9.17, 15) is 4.79 Å². The van der Waals surface area contributed by atoms with E-state index in [2.05, 4.69) is 15.2 Å². The van der Waals surface area contributed by atoms with Gasteiger partial charge in [0.15, 0.2) is 17.1 Å².